The van der Waals surface area contributed by atoms with Gasteiger partial charge in [-0.1, -0.05) is 48.5 Å². The first-order chi connectivity index (χ1) is 20.5. The molecule has 0 radical (unpaired) electrons. The Hall–Kier alpha value is -4.00. The van der Waals surface area contributed by atoms with Gasteiger partial charge in [0.2, 0.25) is 15.9 Å². The second-order valence-electron chi connectivity index (χ2n) is 10.5. The van der Waals surface area contributed by atoms with Crippen molar-refractivity contribution in [3.05, 3.63) is 89.5 Å². The number of phenols is 1. The standard InChI is InChI=1S/C31H36N4O6S2/c1-21-11-16-25(20-28(21)36)43(40,41)35-18-6-10-27(35)29(37)34-26(30(38)39)19-23-12-14-24(15-13-23)33-31(42)32-17-5-9-22-7-3-2-4-8-22/h2-4,7-8,11-16,20,26-27,36H,5-6,9-10,17-19H2,1H3,(H,34,37)(H,38,39)(H2,32,33,42)/t26-,27-/m0/s1. The van der Waals surface area contributed by atoms with Gasteiger partial charge in [0.1, 0.15) is 17.8 Å². The maximum Gasteiger partial charge on any atom is 0.326 e. The summed E-state index contributed by atoms with van der Waals surface area (Å²) in [5, 5.41) is 29.1. The van der Waals surface area contributed by atoms with Gasteiger partial charge < -0.3 is 26.2 Å². The predicted molar refractivity (Wildman–Crippen MR) is 168 cm³/mol. The van der Waals surface area contributed by atoms with Crippen LogP contribution in [0.5, 0.6) is 5.75 Å². The van der Waals surface area contributed by atoms with Crippen LogP contribution in [0, 0.1) is 6.92 Å². The number of amides is 1. The van der Waals surface area contributed by atoms with Crippen molar-refractivity contribution in [2.45, 2.75) is 56.0 Å². The molecule has 0 saturated carbocycles. The second kappa shape index (κ2) is 14.5. The smallest absolute Gasteiger partial charge is 0.326 e. The molecule has 3 aromatic carbocycles. The monoisotopic (exact) mass is 624 g/mol. The first-order valence-corrected chi connectivity index (χ1v) is 15.9. The molecule has 1 amide bonds. The van der Waals surface area contributed by atoms with Crippen LogP contribution in [0.3, 0.4) is 0 Å². The van der Waals surface area contributed by atoms with E-state index in [0.29, 0.717) is 29.2 Å². The minimum absolute atomic E-state index is 0.00877. The Morgan fingerprint density at radius 1 is 1.05 bits per heavy atom. The number of hydrogen-bond acceptors (Lipinski definition) is 6. The Morgan fingerprint density at radius 2 is 1.77 bits per heavy atom. The van der Waals surface area contributed by atoms with E-state index in [0.717, 1.165) is 28.9 Å². The second-order valence-corrected chi connectivity index (χ2v) is 12.8. The number of rotatable bonds is 12. The highest BCUT2D eigenvalue weighted by molar-refractivity contribution is 7.89. The summed E-state index contributed by atoms with van der Waals surface area (Å²) in [5.74, 6) is -2.07. The molecule has 12 heteroatoms. The average molecular weight is 625 g/mol. The van der Waals surface area contributed by atoms with Crippen molar-refractivity contribution in [3.63, 3.8) is 0 Å². The Morgan fingerprint density at radius 3 is 2.44 bits per heavy atom. The van der Waals surface area contributed by atoms with Gasteiger partial charge in [-0.15, -0.1) is 0 Å². The average Bonchev–Trinajstić information content (AvgIpc) is 3.49. The Labute approximate surface area is 257 Å². The molecule has 1 aliphatic heterocycles. The van der Waals surface area contributed by atoms with E-state index in [-0.39, 0.29) is 30.0 Å². The Kier molecular flexibility index (Phi) is 10.7. The van der Waals surface area contributed by atoms with Crippen LogP contribution in [-0.4, -0.2) is 65.1 Å². The molecule has 43 heavy (non-hydrogen) atoms. The topological polar surface area (TPSA) is 148 Å². The molecule has 1 saturated heterocycles. The van der Waals surface area contributed by atoms with Gasteiger partial charge in [-0.2, -0.15) is 4.31 Å². The van der Waals surface area contributed by atoms with E-state index in [2.05, 4.69) is 28.1 Å². The number of carboxylic acids is 1. The number of nitrogens with one attached hydrogen (secondary N) is 3. The van der Waals surface area contributed by atoms with Crippen LogP contribution in [0.15, 0.2) is 77.7 Å². The number of carboxylic acid groups (broad SMARTS) is 1. The van der Waals surface area contributed by atoms with Crippen molar-refractivity contribution in [3.8, 4) is 5.75 Å². The molecule has 1 aliphatic rings. The Bertz CT molecular complexity index is 1550. The zero-order chi connectivity index (χ0) is 31.0. The molecule has 228 valence electrons. The summed E-state index contributed by atoms with van der Waals surface area (Å²) in [7, 11) is -4.08. The van der Waals surface area contributed by atoms with Gasteiger partial charge in [0.05, 0.1) is 4.90 Å². The zero-order valence-electron chi connectivity index (χ0n) is 23.8. The van der Waals surface area contributed by atoms with E-state index < -0.39 is 34.0 Å². The highest BCUT2D eigenvalue weighted by Gasteiger charge is 2.40. The fourth-order valence-corrected chi connectivity index (χ4v) is 6.81. The van der Waals surface area contributed by atoms with Crippen LogP contribution in [0.1, 0.15) is 36.0 Å². The van der Waals surface area contributed by atoms with Crippen LogP contribution in [0.4, 0.5) is 5.69 Å². The molecule has 0 bridgehead atoms. The molecule has 10 nitrogen and oxygen atoms in total. The molecule has 4 rings (SSSR count). The van der Waals surface area contributed by atoms with Gasteiger partial charge >= 0.3 is 5.97 Å². The summed E-state index contributed by atoms with van der Waals surface area (Å²) >= 11 is 5.38. The molecule has 1 fully saturated rings. The highest BCUT2D eigenvalue weighted by Crippen LogP contribution is 2.29. The third-order valence-corrected chi connectivity index (χ3v) is 9.48. The molecule has 0 aliphatic carbocycles. The fourth-order valence-electron chi connectivity index (χ4n) is 4.92. The molecule has 0 aromatic heterocycles. The molecule has 1 heterocycles. The molecule has 0 unspecified atom stereocenters. The highest BCUT2D eigenvalue weighted by atomic mass is 32.2. The molecule has 0 spiro atoms. The third kappa shape index (κ3) is 8.53. The maximum atomic E-state index is 13.3. The fraction of sp³-hybridized carbons (Fsp3) is 0.323. The lowest BCUT2D eigenvalue weighted by atomic mass is 10.0. The van der Waals surface area contributed by atoms with Crippen molar-refractivity contribution in [2.75, 3.05) is 18.4 Å². The Balaban J connectivity index is 1.31. The van der Waals surface area contributed by atoms with Gasteiger partial charge in [-0.3, -0.25) is 4.79 Å². The van der Waals surface area contributed by atoms with Crippen LogP contribution in [0.25, 0.3) is 0 Å². The number of benzene rings is 3. The SMILES string of the molecule is Cc1ccc(S(=O)(=O)N2CCC[C@H]2C(=O)N[C@@H](Cc2ccc(NC(=S)NCCCc3ccccc3)cc2)C(=O)O)cc1O. The van der Waals surface area contributed by atoms with Crippen LogP contribution >= 0.6 is 12.2 Å². The van der Waals surface area contributed by atoms with Gasteiger partial charge in [0, 0.05) is 31.3 Å². The molecule has 3 aromatic rings. The van der Waals surface area contributed by atoms with Gasteiger partial charge in [-0.25, -0.2) is 13.2 Å². The summed E-state index contributed by atoms with van der Waals surface area (Å²) in [6.45, 7) is 2.48. The minimum Gasteiger partial charge on any atom is -0.508 e. The van der Waals surface area contributed by atoms with Crippen molar-refractivity contribution < 1.29 is 28.2 Å². The zero-order valence-corrected chi connectivity index (χ0v) is 25.5. The number of nitrogens with zero attached hydrogens (tertiary/aromatic N) is 1. The number of carbonyl (C=O) groups excluding carboxylic acids is 1. The quantitative estimate of drug-likeness (QED) is 0.151. The van der Waals surface area contributed by atoms with E-state index in [9.17, 15) is 28.2 Å². The van der Waals surface area contributed by atoms with E-state index >= 15 is 0 Å². The molecule has 2 atom stereocenters. The first-order valence-electron chi connectivity index (χ1n) is 14.1. The van der Waals surface area contributed by atoms with Crippen molar-refractivity contribution in [1.29, 1.82) is 0 Å². The minimum atomic E-state index is -4.08. The summed E-state index contributed by atoms with van der Waals surface area (Å²) in [5.41, 5.74) is 3.19. The normalized spacial score (nSPS) is 15.9. The number of aromatic hydroxyl groups is 1. The first kappa shape index (κ1) is 31.9. The van der Waals surface area contributed by atoms with Gasteiger partial charge in [0.25, 0.3) is 0 Å². The summed E-state index contributed by atoms with van der Waals surface area (Å²) in [6, 6.07) is 19.0. The molecular weight excluding hydrogens is 588 g/mol. The lowest BCUT2D eigenvalue weighted by molar-refractivity contribution is -0.142. The van der Waals surface area contributed by atoms with E-state index in [1.165, 1.54) is 17.7 Å². The third-order valence-electron chi connectivity index (χ3n) is 7.33. The number of sulfonamides is 1. The number of thiocarbonyl (C=S) groups is 1. The predicted octanol–water partition coefficient (Wildman–Crippen LogP) is 3.59. The van der Waals surface area contributed by atoms with Gasteiger partial charge in [0.15, 0.2) is 5.11 Å². The summed E-state index contributed by atoms with van der Waals surface area (Å²) in [4.78, 5) is 25.1. The number of hydrogen-bond donors (Lipinski definition) is 5. The van der Waals surface area contributed by atoms with Gasteiger partial charge in [-0.05, 0) is 79.7 Å². The number of phenolic OH excluding ortho intramolecular Hbond substituents is 1. The summed E-state index contributed by atoms with van der Waals surface area (Å²) < 4.78 is 27.6. The number of aliphatic carboxylic acids is 1. The molecular formula is C31H36N4O6S2. The lowest BCUT2D eigenvalue weighted by Gasteiger charge is -2.25. The number of aryl methyl sites for hydroxylation is 2. The van der Waals surface area contributed by atoms with Crippen LogP contribution < -0.4 is 16.0 Å². The number of carbonyl (C=O) groups is 2. The van der Waals surface area contributed by atoms with E-state index in [1.54, 1.807) is 31.2 Å². The van der Waals surface area contributed by atoms with Crippen molar-refractivity contribution >= 4 is 44.9 Å². The summed E-state index contributed by atoms with van der Waals surface area (Å²) in [6.07, 6.45) is 2.58. The van der Waals surface area contributed by atoms with E-state index in [1.807, 2.05) is 18.2 Å². The van der Waals surface area contributed by atoms with Crippen molar-refractivity contribution in [2.24, 2.45) is 0 Å². The van der Waals surface area contributed by atoms with E-state index in [4.69, 9.17) is 12.2 Å². The largest absolute Gasteiger partial charge is 0.508 e. The maximum absolute atomic E-state index is 13.3. The van der Waals surface area contributed by atoms with Crippen LogP contribution in [-0.2, 0) is 32.5 Å². The number of anilines is 1. The van der Waals surface area contributed by atoms with Crippen molar-refractivity contribution in [1.82, 2.24) is 14.9 Å². The lowest BCUT2D eigenvalue weighted by Crippen LogP contribution is -2.51. The molecule has 5 N–H and O–H groups in total. The van der Waals surface area contributed by atoms with Crippen LogP contribution in [0.2, 0.25) is 0 Å².